The van der Waals surface area contributed by atoms with Crippen LogP contribution in [0.2, 0.25) is 0 Å². The molecule has 1 heterocycles. The molecule has 6 heteroatoms. The number of nitrogens with one attached hydrogen (secondary N) is 2. The molecule has 0 aromatic carbocycles. The zero-order valence-electron chi connectivity index (χ0n) is 12.0. The van der Waals surface area contributed by atoms with E-state index >= 15 is 0 Å². The molecule has 0 atom stereocenters. The molecule has 1 aromatic heterocycles. The predicted octanol–water partition coefficient (Wildman–Crippen LogP) is 1.47. The minimum Gasteiger partial charge on any atom is -0.469 e. The summed E-state index contributed by atoms with van der Waals surface area (Å²) < 4.78 is 4.63. The third kappa shape index (κ3) is 6.68. The minimum absolute atomic E-state index is 0.0805. The van der Waals surface area contributed by atoms with E-state index in [-0.39, 0.29) is 11.9 Å². The van der Waals surface area contributed by atoms with Crippen molar-refractivity contribution in [2.45, 2.75) is 32.7 Å². The van der Waals surface area contributed by atoms with E-state index in [9.17, 15) is 9.59 Å². The minimum atomic E-state index is -0.223. The van der Waals surface area contributed by atoms with Crippen LogP contribution in [-0.4, -0.2) is 32.1 Å². The molecule has 1 aromatic rings. The number of carbonyl (C=O) groups excluding carboxylic acids is 2. The molecule has 0 saturated carbocycles. The fourth-order valence-corrected chi connectivity index (χ4v) is 2.57. The molecule has 0 unspecified atom stereocenters. The van der Waals surface area contributed by atoms with Gasteiger partial charge in [-0.25, -0.2) is 0 Å². The van der Waals surface area contributed by atoms with Gasteiger partial charge in [-0.2, -0.15) is 0 Å². The smallest absolute Gasteiger partial charge is 0.310 e. The van der Waals surface area contributed by atoms with Crippen molar-refractivity contribution in [3.8, 4) is 0 Å². The van der Waals surface area contributed by atoms with Crippen LogP contribution < -0.4 is 10.6 Å². The zero-order chi connectivity index (χ0) is 14.8. The van der Waals surface area contributed by atoms with Crippen LogP contribution in [0.4, 0.5) is 0 Å². The number of ether oxygens (including phenoxy) is 1. The third-order valence-corrected chi connectivity index (χ3v) is 3.75. The topological polar surface area (TPSA) is 67.4 Å². The third-order valence-electron chi connectivity index (χ3n) is 2.66. The van der Waals surface area contributed by atoms with Gasteiger partial charge in [0.1, 0.15) is 0 Å². The molecule has 0 aliphatic heterocycles. The first-order chi connectivity index (χ1) is 9.65. The summed E-state index contributed by atoms with van der Waals surface area (Å²) in [5, 5.41) is 6.06. The summed E-state index contributed by atoms with van der Waals surface area (Å²) in [6.07, 6.45) is 1.76. The maximum absolute atomic E-state index is 11.4. The number of amides is 1. The summed E-state index contributed by atoms with van der Waals surface area (Å²) in [5.41, 5.74) is 0. The monoisotopic (exact) mass is 298 g/mol. The molecule has 0 aliphatic carbocycles. The summed E-state index contributed by atoms with van der Waals surface area (Å²) >= 11 is 1.59. The molecule has 1 rings (SSSR count). The normalized spacial score (nSPS) is 10.3. The second kappa shape index (κ2) is 9.50. The average Bonchev–Trinajstić information content (AvgIpc) is 2.88. The number of rotatable bonds is 9. The van der Waals surface area contributed by atoms with Gasteiger partial charge < -0.3 is 15.4 Å². The van der Waals surface area contributed by atoms with Gasteiger partial charge in [0.2, 0.25) is 5.91 Å². The lowest BCUT2D eigenvalue weighted by atomic mass is 10.3. The highest BCUT2D eigenvalue weighted by atomic mass is 32.1. The van der Waals surface area contributed by atoms with Crippen molar-refractivity contribution in [3.05, 3.63) is 21.9 Å². The van der Waals surface area contributed by atoms with E-state index in [0.29, 0.717) is 25.9 Å². The number of hydrogen-bond acceptors (Lipinski definition) is 5. The van der Waals surface area contributed by atoms with Crippen molar-refractivity contribution in [3.63, 3.8) is 0 Å². The van der Waals surface area contributed by atoms with Gasteiger partial charge in [-0.3, -0.25) is 9.59 Å². The van der Waals surface area contributed by atoms with E-state index in [4.69, 9.17) is 0 Å². The van der Waals surface area contributed by atoms with Crippen LogP contribution in [0.25, 0.3) is 0 Å². The van der Waals surface area contributed by atoms with Gasteiger partial charge in [-0.05, 0) is 18.6 Å². The molecule has 2 N–H and O–H groups in total. The average molecular weight is 298 g/mol. The number of thiophene rings is 1. The fourth-order valence-electron chi connectivity index (χ4n) is 1.59. The molecule has 1 amide bonds. The van der Waals surface area contributed by atoms with E-state index in [1.165, 1.54) is 7.11 Å². The van der Waals surface area contributed by atoms with E-state index in [1.807, 2.05) is 19.1 Å². The van der Waals surface area contributed by atoms with Crippen LogP contribution >= 0.6 is 11.3 Å². The van der Waals surface area contributed by atoms with Crippen molar-refractivity contribution in [2.24, 2.45) is 0 Å². The van der Waals surface area contributed by atoms with Crippen LogP contribution in [-0.2, 0) is 27.3 Å². The summed E-state index contributed by atoms with van der Waals surface area (Å²) in [6, 6.07) is 3.93. The van der Waals surface area contributed by atoms with Gasteiger partial charge in [0.05, 0.1) is 13.5 Å². The van der Waals surface area contributed by atoms with Crippen molar-refractivity contribution in [1.29, 1.82) is 0 Å². The Hall–Kier alpha value is -1.40. The highest BCUT2D eigenvalue weighted by Gasteiger charge is 2.06. The van der Waals surface area contributed by atoms with E-state index in [1.54, 1.807) is 11.3 Å². The molecule has 0 aliphatic rings. The Balaban J connectivity index is 2.19. The Morgan fingerprint density at radius 2 is 2.00 bits per heavy atom. The zero-order valence-corrected chi connectivity index (χ0v) is 12.8. The Labute approximate surface area is 123 Å². The van der Waals surface area contributed by atoms with Crippen LogP contribution in [0.5, 0.6) is 0 Å². The summed E-state index contributed by atoms with van der Waals surface area (Å²) in [5.74, 6) is -0.143. The lowest BCUT2D eigenvalue weighted by Gasteiger charge is -2.04. The first kappa shape index (κ1) is 16.7. The van der Waals surface area contributed by atoms with Gasteiger partial charge >= 0.3 is 5.97 Å². The quantitative estimate of drug-likeness (QED) is 0.535. The SMILES string of the molecule is CCCNC(=O)CCNCc1ccc(CC(=O)OC)s1. The van der Waals surface area contributed by atoms with Crippen LogP contribution in [0.3, 0.4) is 0 Å². The Kier molecular flexibility index (Phi) is 7.91. The van der Waals surface area contributed by atoms with E-state index in [0.717, 1.165) is 22.7 Å². The summed E-state index contributed by atoms with van der Waals surface area (Å²) in [7, 11) is 1.39. The number of hydrogen-bond donors (Lipinski definition) is 2. The maximum atomic E-state index is 11.4. The van der Waals surface area contributed by atoms with E-state index in [2.05, 4.69) is 15.4 Å². The van der Waals surface area contributed by atoms with Gasteiger partial charge in [0.25, 0.3) is 0 Å². The molecule has 0 saturated heterocycles. The molecule has 0 radical (unpaired) electrons. The van der Waals surface area contributed by atoms with Crippen molar-refractivity contribution in [2.75, 3.05) is 20.2 Å². The van der Waals surface area contributed by atoms with Crippen molar-refractivity contribution in [1.82, 2.24) is 10.6 Å². The molecule has 0 fully saturated rings. The van der Waals surface area contributed by atoms with E-state index < -0.39 is 0 Å². The molecule has 112 valence electrons. The Bertz CT molecular complexity index is 432. The maximum Gasteiger partial charge on any atom is 0.310 e. The van der Waals surface area contributed by atoms with Crippen LogP contribution in [0, 0.1) is 0 Å². The predicted molar refractivity (Wildman–Crippen MR) is 79.7 cm³/mol. The van der Waals surface area contributed by atoms with Gasteiger partial charge in [0, 0.05) is 35.8 Å². The van der Waals surface area contributed by atoms with Gasteiger partial charge in [-0.15, -0.1) is 11.3 Å². The largest absolute Gasteiger partial charge is 0.469 e. The highest BCUT2D eigenvalue weighted by molar-refractivity contribution is 7.12. The lowest BCUT2D eigenvalue weighted by molar-refractivity contribution is -0.139. The summed E-state index contributed by atoms with van der Waals surface area (Å²) in [6.45, 7) is 4.13. The van der Waals surface area contributed by atoms with Crippen molar-refractivity contribution >= 4 is 23.2 Å². The number of esters is 1. The molecule has 0 spiro atoms. The standard InChI is InChI=1S/C14H22N2O3S/c1-3-7-16-13(17)6-8-15-10-12-5-4-11(20-12)9-14(18)19-2/h4-5,15H,3,6-10H2,1-2H3,(H,16,17). The fraction of sp³-hybridized carbons (Fsp3) is 0.571. The lowest BCUT2D eigenvalue weighted by Crippen LogP contribution is -2.27. The summed E-state index contributed by atoms with van der Waals surface area (Å²) in [4.78, 5) is 24.7. The number of carbonyl (C=O) groups is 2. The first-order valence-electron chi connectivity index (χ1n) is 6.77. The first-order valence-corrected chi connectivity index (χ1v) is 7.59. The van der Waals surface area contributed by atoms with Gasteiger partial charge in [0.15, 0.2) is 0 Å². The highest BCUT2D eigenvalue weighted by Crippen LogP contribution is 2.17. The van der Waals surface area contributed by atoms with Gasteiger partial charge in [-0.1, -0.05) is 6.92 Å². The number of methoxy groups -OCH3 is 1. The molecule has 0 bridgehead atoms. The van der Waals surface area contributed by atoms with Crippen LogP contribution in [0.15, 0.2) is 12.1 Å². The second-order valence-corrected chi connectivity index (χ2v) is 5.65. The molecule has 5 nitrogen and oxygen atoms in total. The molecule has 20 heavy (non-hydrogen) atoms. The van der Waals surface area contributed by atoms with Crippen LogP contribution in [0.1, 0.15) is 29.5 Å². The molecular formula is C14H22N2O3S. The molecular weight excluding hydrogens is 276 g/mol. The second-order valence-electron chi connectivity index (χ2n) is 4.40. The van der Waals surface area contributed by atoms with Crippen molar-refractivity contribution < 1.29 is 14.3 Å². The Morgan fingerprint density at radius 1 is 1.25 bits per heavy atom. The Morgan fingerprint density at radius 3 is 2.70 bits per heavy atom.